The summed E-state index contributed by atoms with van der Waals surface area (Å²) in [5, 5.41) is 2.96. The smallest absolute Gasteiger partial charge is 0.317 e. The fourth-order valence-corrected chi connectivity index (χ4v) is 2.87. The second-order valence-corrected chi connectivity index (χ2v) is 7.36. The molecular weight excluding hydrogens is 318 g/mol. The van der Waals surface area contributed by atoms with Gasteiger partial charge in [-0.2, -0.15) is 0 Å². The minimum atomic E-state index is -0.251. The summed E-state index contributed by atoms with van der Waals surface area (Å²) in [7, 11) is 1.64. The molecule has 1 saturated heterocycles. The molecule has 1 heterocycles. The first-order valence-corrected chi connectivity index (χ1v) is 8.77. The van der Waals surface area contributed by atoms with Gasteiger partial charge < -0.3 is 19.9 Å². The van der Waals surface area contributed by atoms with Gasteiger partial charge in [-0.3, -0.25) is 4.79 Å². The van der Waals surface area contributed by atoms with Gasteiger partial charge in [0.15, 0.2) is 0 Å². The van der Waals surface area contributed by atoms with Gasteiger partial charge in [-0.25, -0.2) is 4.79 Å². The van der Waals surface area contributed by atoms with Crippen molar-refractivity contribution in [1.29, 1.82) is 0 Å². The maximum atomic E-state index is 12.4. The second kappa shape index (κ2) is 8.23. The number of piperazine rings is 1. The van der Waals surface area contributed by atoms with Crippen LogP contribution in [0.5, 0.6) is 5.75 Å². The quantitative estimate of drug-likeness (QED) is 0.909. The first-order valence-electron chi connectivity index (χ1n) is 8.77. The van der Waals surface area contributed by atoms with Crippen LogP contribution < -0.4 is 10.1 Å². The van der Waals surface area contributed by atoms with Crippen LogP contribution in [0.25, 0.3) is 0 Å². The standard InChI is InChI=1S/C19H29N3O3/c1-19(2,3)20-18(24)22-13-11-21(12-14-22)17(23)10-9-15-7-5-6-8-16(15)25-4/h5-8H,9-14H2,1-4H3,(H,20,24). The van der Waals surface area contributed by atoms with Gasteiger partial charge in [-0.05, 0) is 38.8 Å². The Kier molecular flexibility index (Phi) is 6.28. The van der Waals surface area contributed by atoms with Crippen LogP contribution >= 0.6 is 0 Å². The number of benzene rings is 1. The zero-order chi connectivity index (χ0) is 18.4. The number of urea groups is 1. The van der Waals surface area contributed by atoms with Crippen molar-refractivity contribution in [2.24, 2.45) is 0 Å². The Morgan fingerprint density at radius 3 is 2.28 bits per heavy atom. The Morgan fingerprint density at radius 1 is 1.08 bits per heavy atom. The minimum absolute atomic E-state index is 0.0615. The number of carbonyl (C=O) groups is 2. The zero-order valence-corrected chi connectivity index (χ0v) is 15.7. The van der Waals surface area contributed by atoms with Crippen LogP contribution in [-0.2, 0) is 11.2 Å². The van der Waals surface area contributed by atoms with Crippen molar-refractivity contribution in [2.45, 2.75) is 39.2 Å². The molecule has 1 aliphatic rings. The van der Waals surface area contributed by atoms with E-state index in [0.29, 0.717) is 39.0 Å². The van der Waals surface area contributed by atoms with Crippen LogP contribution in [0.3, 0.4) is 0 Å². The number of amides is 3. The average molecular weight is 347 g/mol. The Hall–Kier alpha value is -2.24. The number of nitrogens with zero attached hydrogens (tertiary/aromatic N) is 2. The molecule has 1 aliphatic heterocycles. The lowest BCUT2D eigenvalue weighted by Gasteiger charge is -2.36. The molecule has 6 heteroatoms. The Balaban J connectivity index is 1.80. The molecule has 1 aromatic rings. The fourth-order valence-electron chi connectivity index (χ4n) is 2.87. The van der Waals surface area contributed by atoms with Crippen molar-refractivity contribution in [3.63, 3.8) is 0 Å². The van der Waals surface area contributed by atoms with Gasteiger partial charge in [-0.1, -0.05) is 18.2 Å². The van der Waals surface area contributed by atoms with E-state index in [1.807, 2.05) is 49.9 Å². The molecule has 0 atom stereocenters. The van der Waals surface area contributed by atoms with E-state index in [1.165, 1.54) is 0 Å². The summed E-state index contributed by atoms with van der Waals surface area (Å²) in [5.74, 6) is 0.945. The molecule has 6 nitrogen and oxygen atoms in total. The van der Waals surface area contributed by atoms with Crippen molar-refractivity contribution in [1.82, 2.24) is 15.1 Å². The topological polar surface area (TPSA) is 61.9 Å². The van der Waals surface area contributed by atoms with Crippen LogP contribution in [0.4, 0.5) is 4.79 Å². The van der Waals surface area contributed by atoms with E-state index in [4.69, 9.17) is 4.74 Å². The first-order chi connectivity index (χ1) is 11.8. The Labute approximate surface area is 150 Å². The molecule has 0 bridgehead atoms. The maximum absolute atomic E-state index is 12.4. The van der Waals surface area contributed by atoms with Crippen LogP contribution in [0.1, 0.15) is 32.8 Å². The molecule has 0 radical (unpaired) electrons. The van der Waals surface area contributed by atoms with Crippen molar-refractivity contribution in [2.75, 3.05) is 33.3 Å². The SMILES string of the molecule is COc1ccccc1CCC(=O)N1CCN(C(=O)NC(C)(C)C)CC1. The van der Waals surface area contributed by atoms with Gasteiger partial charge in [0.2, 0.25) is 5.91 Å². The molecule has 2 rings (SSSR count). The molecular formula is C19H29N3O3. The highest BCUT2D eigenvalue weighted by Gasteiger charge is 2.26. The number of carbonyl (C=O) groups excluding carboxylic acids is 2. The third-order valence-corrected chi connectivity index (χ3v) is 4.20. The van der Waals surface area contributed by atoms with Crippen molar-refractivity contribution in [3.05, 3.63) is 29.8 Å². The van der Waals surface area contributed by atoms with Crippen LogP contribution in [0.2, 0.25) is 0 Å². The largest absolute Gasteiger partial charge is 0.496 e. The van der Waals surface area contributed by atoms with E-state index in [0.717, 1.165) is 11.3 Å². The number of aryl methyl sites for hydroxylation is 1. The summed E-state index contributed by atoms with van der Waals surface area (Å²) in [6.45, 7) is 8.20. The molecule has 3 amide bonds. The lowest BCUT2D eigenvalue weighted by molar-refractivity contribution is -0.132. The van der Waals surface area contributed by atoms with Gasteiger partial charge in [0.05, 0.1) is 7.11 Å². The molecule has 25 heavy (non-hydrogen) atoms. The van der Waals surface area contributed by atoms with E-state index in [2.05, 4.69) is 5.32 Å². The van der Waals surface area contributed by atoms with Gasteiger partial charge in [0, 0.05) is 38.1 Å². The Morgan fingerprint density at radius 2 is 1.68 bits per heavy atom. The number of hydrogen-bond acceptors (Lipinski definition) is 3. The molecule has 0 spiro atoms. The molecule has 0 aromatic heterocycles. The molecule has 0 saturated carbocycles. The number of para-hydroxylation sites is 1. The number of rotatable bonds is 4. The molecule has 0 unspecified atom stereocenters. The minimum Gasteiger partial charge on any atom is -0.496 e. The van der Waals surface area contributed by atoms with Crippen molar-refractivity contribution in [3.8, 4) is 5.75 Å². The third kappa shape index (κ3) is 5.66. The zero-order valence-electron chi connectivity index (χ0n) is 15.7. The maximum Gasteiger partial charge on any atom is 0.317 e. The van der Waals surface area contributed by atoms with Crippen LogP contribution in [-0.4, -0.2) is 60.6 Å². The Bertz CT molecular complexity index is 602. The summed E-state index contributed by atoms with van der Waals surface area (Å²) in [6.07, 6.45) is 1.11. The van der Waals surface area contributed by atoms with Gasteiger partial charge >= 0.3 is 6.03 Å². The highest BCUT2D eigenvalue weighted by Crippen LogP contribution is 2.19. The predicted octanol–water partition coefficient (Wildman–Crippen LogP) is 2.28. The molecule has 1 fully saturated rings. The normalized spacial score (nSPS) is 15.0. The van der Waals surface area contributed by atoms with E-state index < -0.39 is 0 Å². The van der Waals surface area contributed by atoms with E-state index in [9.17, 15) is 9.59 Å². The second-order valence-electron chi connectivity index (χ2n) is 7.36. The molecule has 1 N–H and O–H groups in total. The highest BCUT2D eigenvalue weighted by molar-refractivity contribution is 5.78. The van der Waals surface area contributed by atoms with Crippen LogP contribution in [0.15, 0.2) is 24.3 Å². The number of hydrogen-bond donors (Lipinski definition) is 1. The highest BCUT2D eigenvalue weighted by atomic mass is 16.5. The molecule has 1 aromatic carbocycles. The number of ether oxygens (including phenoxy) is 1. The summed E-state index contributed by atoms with van der Waals surface area (Å²) in [5.41, 5.74) is 0.792. The van der Waals surface area contributed by atoms with Gasteiger partial charge in [-0.15, -0.1) is 0 Å². The van der Waals surface area contributed by atoms with Gasteiger partial charge in [0.1, 0.15) is 5.75 Å². The summed E-state index contributed by atoms with van der Waals surface area (Å²) >= 11 is 0. The third-order valence-electron chi connectivity index (χ3n) is 4.20. The average Bonchev–Trinajstić information content (AvgIpc) is 2.58. The van der Waals surface area contributed by atoms with E-state index in [-0.39, 0.29) is 17.5 Å². The van der Waals surface area contributed by atoms with Crippen LogP contribution in [0, 0.1) is 0 Å². The number of methoxy groups -OCH3 is 1. The predicted molar refractivity (Wildman–Crippen MR) is 97.8 cm³/mol. The fraction of sp³-hybridized carbons (Fsp3) is 0.579. The van der Waals surface area contributed by atoms with E-state index in [1.54, 1.807) is 12.0 Å². The lowest BCUT2D eigenvalue weighted by Crippen LogP contribution is -2.56. The monoisotopic (exact) mass is 347 g/mol. The number of nitrogens with one attached hydrogen (secondary N) is 1. The van der Waals surface area contributed by atoms with Gasteiger partial charge in [0.25, 0.3) is 0 Å². The van der Waals surface area contributed by atoms with E-state index >= 15 is 0 Å². The summed E-state index contributed by atoms with van der Waals surface area (Å²) in [6, 6.07) is 7.71. The summed E-state index contributed by atoms with van der Waals surface area (Å²) in [4.78, 5) is 28.2. The lowest BCUT2D eigenvalue weighted by atomic mass is 10.1. The van der Waals surface area contributed by atoms with Crippen molar-refractivity contribution < 1.29 is 14.3 Å². The van der Waals surface area contributed by atoms with Crippen molar-refractivity contribution >= 4 is 11.9 Å². The first kappa shape index (κ1) is 19.1. The molecule has 0 aliphatic carbocycles. The summed E-state index contributed by atoms with van der Waals surface area (Å²) < 4.78 is 5.33. The molecule has 138 valence electrons.